The highest BCUT2D eigenvalue weighted by Gasteiger charge is 2.20. The van der Waals surface area contributed by atoms with Crippen LogP contribution in [-0.2, 0) is 22.8 Å². The van der Waals surface area contributed by atoms with E-state index in [-0.39, 0.29) is 4.90 Å². The molecule has 0 amide bonds. The number of rotatable bonds is 6. The van der Waals surface area contributed by atoms with Gasteiger partial charge in [-0.15, -0.1) is 0 Å². The van der Waals surface area contributed by atoms with Gasteiger partial charge >= 0.3 is 0 Å². The number of sulfonamides is 1. The summed E-state index contributed by atoms with van der Waals surface area (Å²) in [5.41, 5.74) is 4.80. The Bertz CT molecular complexity index is 1590. The molecule has 0 atom stereocenters. The van der Waals surface area contributed by atoms with Gasteiger partial charge in [-0.1, -0.05) is 17.8 Å². The van der Waals surface area contributed by atoms with Crippen LogP contribution in [0.5, 0.6) is 0 Å². The Labute approximate surface area is 198 Å². The van der Waals surface area contributed by atoms with E-state index in [9.17, 15) is 8.42 Å². The van der Waals surface area contributed by atoms with Crippen LogP contribution in [-0.4, -0.2) is 36.7 Å². The molecule has 5 aromatic rings. The van der Waals surface area contributed by atoms with Gasteiger partial charge in [0, 0.05) is 18.4 Å². The third-order valence-corrected chi connectivity index (χ3v) is 7.86. The summed E-state index contributed by atoms with van der Waals surface area (Å²) >= 11 is 2.50. The zero-order chi connectivity index (χ0) is 23.2. The van der Waals surface area contributed by atoms with Gasteiger partial charge in [-0.25, -0.2) is 23.4 Å². The van der Waals surface area contributed by atoms with Gasteiger partial charge in [-0.3, -0.25) is 4.72 Å². The Morgan fingerprint density at radius 1 is 1.00 bits per heavy atom. The SMILES string of the molecule is Cc1cc(C)nc(SCc2nc3cc(NS(=O)(=O)c4cccc5nsnc45)ccc3n2C)n1. The molecule has 9 nitrogen and oxygen atoms in total. The molecule has 33 heavy (non-hydrogen) atoms. The first-order valence-electron chi connectivity index (χ1n) is 9.95. The smallest absolute Gasteiger partial charge is 0.264 e. The molecule has 5 rings (SSSR count). The van der Waals surface area contributed by atoms with Gasteiger partial charge in [0.15, 0.2) is 5.16 Å². The molecule has 12 heteroatoms. The summed E-state index contributed by atoms with van der Waals surface area (Å²) in [5.74, 6) is 1.43. The molecule has 0 aliphatic heterocycles. The van der Waals surface area contributed by atoms with E-state index in [0.717, 1.165) is 34.5 Å². The Balaban J connectivity index is 1.41. The molecular formula is C21H19N7O2S3. The predicted molar refractivity (Wildman–Crippen MR) is 130 cm³/mol. The second-order valence-electron chi connectivity index (χ2n) is 7.51. The van der Waals surface area contributed by atoms with E-state index in [1.165, 1.54) is 17.8 Å². The lowest BCUT2D eigenvalue weighted by Crippen LogP contribution is -2.13. The topological polar surface area (TPSA) is 116 Å². The number of aromatic nitrogens is 6. The summed E-state index contributed by atoms with van der Waals surface area (Å²) < 4.78 is 38.9. The minimum Gasteiger partial charge on any atom is -0.330 e. The van der Waals surface area contributed by atoms with Crippen molar-refractivity contribution in [3.05, 3.63) is 59.7 Å². The van der Waals surface area contributed by atoms with Gasteiger partial charge in [0.1, 0.15) is 21.8 Å². The predicted octanol–water partition coefficient (Wildman–Crippen LogP) is 4.08. The number of imidazole rings is 1. The first-order valence-corrected chi connectivity index (χ1v) is 13.1. The first-order chi connectivity index (χ1) is 15.8. The lowest BCUT2D eigenvalue weighted by Gasteiger charge is -2.08. The molecule has 3 aromatic heterocycles. The van der Waals surface area contributed by atoms with Crippen LogP contribution in [0.1, 0.15) is 17.2 Å². The Morgan fingerprint density at radius 2 is 1.79 bits per heavy atom. The van der Waals surface area contributed by atoms with Crippen LogP contribution in [0, 0.1) is 13.8 Å². The number of hydrogen-bond donors (Lipinski definition) is 1. The lowest BCUT2D eigenvalue weighted by molar-refractivity contribution is 0.602. The van der Waals surface area contributed by atoms with Crippen LogP contribution < -0.4 is 4.72 Å². The summed E-state index contributed by atoms with van der Waals surface area (Å²) in [7, 11) is -1.90. The molecule has 0 saturated carbocycles. The first kappa shape index (κ1) is 21.7. The summed E-state index contributed by atoms with van der Waals surface area (Å²) in [6.07, 6.45) is 0. The van der Waals surface area contributed by atoms with Gasteiger partial charge < -0.3 is 4.57 Å². The van der Waals surface area contributed by atoms with Gasteiger partial charge in [0.2, 0.25) is 0 Å². The lowest BCUT2D eigenvalue weighted by atomic mass is 10.3. The van der Waals surface area contributed by atoms with E-state index >= 15 is 0 Å². The monoisotopic (exact) mass is 497 g/mol. The molecule has 0 spiro atoms. The molecule has 0 saturated heterocycles. The molecule has 0 aliphatic carbocycles. The average Bonchev–Trinajstić information content (AvgIpc) is 3.35. The van der Waals surface area contributed by atoms with E-state index in [2.05, 4.69) is 23.4 Å². The number of hydrogen-bond acceptors (Lipinski definition) is 9. The number of thioether (sulfide) groups is 1. The number of aryl methyl sites for hydroxylation is 3. The fraction of sp³-hybridized carbons (Fsp3) is 0.190. The van der Waals surface area contributed by atoms with Crippen LogP contribution in [0.2, 0.25) is 0 Å². The molecule has 2 aromatic carbocycles. The second kappa shape index (κ2) is 8.36. The Hall–Kier alpha value is -3.09. The van der Waals surface area contributed by atoms with Crippen LogP contribution in [0.4, 0.5) is 5.69 Å². The molecule has 168 valence electrons. The van der Waals surface area contributed by atoms with E-state index in [1.54, 1.807) is 24.3 Å². The zero-order valence-electron chi connectivity index (χ0n) is 18.0. The Kier molecular flexibility index (Phi) is 5.51. The van der Waals surface area contributed by atoms with E-state index < -0.39 is 10.0 Å². The van der Waals surface area contributed by atoms with Gasteiger partial charge in [0.25, 0.3) is 10.0 Å². The van der Waals surface area contributed by atoms with Crippen molar-refractivity contribution in [2.75, 3.05) is 4.72 Å². The average molecular weight is 498 g/mol. The minimum absolute atomic E-state index is 0.0976. The summed E-state index contributed by atoms with van der Waals surface area (Å²) in [6, 6.07) is 12.2. The minimum atomic E-state index is -3.84. The number of nitrogens with one attached hydrogen (secondary N) is 1. The summed E-state index contributed by atoms with van der Waals surface area (Å²) in [5, 5.41) is 0.707. The van der Waals surface area contributed by atoms with Crippen molar-refractivity contribution in [2.45, 2.75) is 29.7 Å². The molecule has 3 heterocycles. The van der Waals surface area contributed by atoms with Gasteiger partial charge in [0.05, 0.1) is 34.2 Å². The fourth-order valence-corrected chi connectivity index (χ4v) is 6.29. The Morgan fingerprint density at radius 3 is 2.58 bits per heavy atom. The van der Waals surface area contributed by atoms with E-state index in [0.29, 0.717) is 33.1 Å². The van der Waals surface area contributed by atoms with Crippen molar-refractivity contribution in [1.82, 2.24) is 28.3 Å². The maximum atomic E-state index is 13.0. The third-order valence-electron chi connectivity index (χ3n) is 5.06. The quantitative estimate of drug-likeness (QED) is 0.276. The largest absolute Gasteiger partial charge is 0.330 e. The summed E-state index contributed by atoms with van der Waals surface area (Å²) in [4.78, 5) is 13.7. The van der Waals surface area contributed by atoms with Crippen LogP contribution in [0.15, 0.2) is 52.5 Å². The highest BCUT2D eigenvalue weighted by atomic mass is 32.2. The van der Waals surface area contributed by atoms with Crippen LogP contribution in [0.25, 0.3) is 22.1 Å². The maximum Gasteiger partial charge on any atom is 0.264 e. The van der Waals surface area contributed by atoms with Gasteiger partial charge in [-0.05, 0) is 50.2 Å². The molecule has 1 N–H and O–H groups in total. The van der Waals surface area contributed by atoms with Crippen molar-refractivity contribution in [1.29, 1.82) is 0 Å². The van der Waals surface area contributed by atoms with E-state index in [1.807, 2.05) is 37.6 Å². The molecular weight excluding hydrogens is 478 g/mol. The standard InChI is InChI=1S/C21H19N7O2S3/c1-12-9-13(2)23-21(22-12)31-11-19-24-16-10-14(7-8-17(16)28(19)3)27-33(29,30)18-6-4-5-15-20(18)26-32-25-15/h4-10,27H,11H2,1-3H3. The second-order valence-corrected chi connectivity index (χ2v) is 10.6. The fourth-order valence-electron chi connectivity index (χ4n) is 3.54. The maximum absolute atomic E-state index is 13.0. The van der Waals surface area contributed by atoms with Crippen molar-refractivity contribution in [3.63, 3.8) is 0 Å². The van der Waals surface area contributed by atoms with Crippen molar-refractivity contribution < 1.29 is 8.42 Å². The molecule has 0 fully saturated rings. The number of nitrogens with zero attached hydrogens (tertiary/aromatic N) is 6. The van der Waals surface area contributed by atoms with Gasteiger partial charge in [-0.2, -0.15) is 8.75 Å². The number of fused-ring (bicyclic) bond motifs is 2. The van der Waals surface area contributed by atoms with Crippen LogP contribution >= 0.6 is 23.5 Å². The number of benzene rings is 2. The molecule has 0 aliphatic rings. The van der Waals surface area contributed by atoms with Crippen LogP contribution in [0.3, 0.4) is 0 Å². The number of anilines is 1. The summed E-state index contributed by atoms with van der Waals surface area (Å²) in [6.45, 7) is 3.89. The third kappa shape index (κ3) is 4.28. The molecule has 0 bridgehead atoms. The normalized spacial score (nSPS) is 12.0. The van der Waals surface area contributed by atoms with Crippen molar-refractivity contribution >= 4 is 61.3 Å². The molecule has 0 unspecified atom stereocenters. The van der Waals surface area contributed by atoms with E-state index in [4.69, 9.17) is 4.98 Å². The highest BCUT2D eigenvalue weighted by Crippen LogP contribution is 2.27. The van der Waals surface area contributed by atoms with Crippen molar-refractivity contribution in [2.24, 2.45) is 7.05 Å². The zero-order valence-corrected chi connectivity index (χ0v) is 20.4. The highest BCUT2D eigenvalue weighted by molar-refractivity contribution is 7.98. The molecule has 0 radical (unpaired) electrons. The van der Waals surface area contributed by atoms with Crippen molar-refractivity contribution in [3.8, 4) is 0 Å².